The molecule has 0 radical (unpaired) electrons. The molecule has 21 heavy (non-hydrogen) atoms. The molecule has 8 heteroatoms. The Bertz CT molecular complexity index is 644. The number of aromatic hydroxyl groups is 1. The van der Waals surface area contributed by atoms with E-state index in [0.29, 0.717) is 30.6 Å². The molecule has 1 atom stereocenters. The van der Waals surface area contributed by atoms with Crippen molar-refractivity contribution in [3.63, 3.8) is 0 Å². The molecule has 1 aliphatic rings. The van der Waals surface area contributed by atoms with Crippen LogP contribution in [0, 0.1) is 12.8 Å². The van der Waals surface area contributed by atoms with Gasteiger partial charge in [0.1, 0.15) is 5.75 Å². The van der Waals surface area contributed by atoms with Crippen molar-refractivity contribution in [2.45, 2.75) is 19.8 Å². The molecule has 1 unspecified atom stereocenters. The second-order valence-corrected chi connectivity index (χ2v) is 6.81. The van der Waals surface area contributed by atoms with Crippen molar-refractivity contribution >= 4 is 21.9 Å². The Morgan fingerprint density at radius 3 is 2.76 bits per heavy atom. The van der Waals surface area contributed by atoms with Crippen LogP contribution in [0.5, 0.6) is 5.75 Å². The molecule has 0 aromatic heterocycles. The van der Waals surface area contributed by atoms with Gasteiger partial charge in [-0.05, 0) is 43.5 Å². The number of nitrogens with zero attached hydrogens (tertiary/aromatic N) is 1. The number of phenolic OH excluding ortho intramolecular Hbond substituents is 1. The molecule has 116 valence electrons. The highest BCUT2D eigenvalue weighted by molar-refractivity contribution is 7.90. The highest BCUT2D eigenvalue weighted by Crippen LogP contribution is 2.24. The zero-order chi connectivity index (χ0) is 15.6. The number of aryl methyl sites for hydroxylation is 1. The zero-order valence-electron chi connectivity index (χ0n) is 11.6. The molecule has 0 bridgehead atoms. The Morgan fingerprint density at radius 2 is 2.14 bits per heavy atom. The molecule has 1 heterocycles. The maximum Gasteiger partial charge on any atom is 0.307 e. The van der Waals surface area contributed by atoms with Gasteiger partial charge in [-0.1, -0.05) is 0 Å². The van der Waals surface area contributed by atoms with E-state index in [0.717, 1.165) is 4.31 Å². The minimum atomic E-state index is -3.80. The highest BCUT2D eigenvalue weighted by Gasteiger charge is 2.32. The molecule has 1 aliphatic heterocycles. The van der Waals surface area contributed by atoms with Gasteiger partial charge < -0.3 is 10.2 Å². The fourth-order valence-corrected chi connectivity index (χ4v) is 3.71. The van der Waals surface area contributed by atoms with E-state index in [9.17, 15) is 18.3 Å². The summed E-state index contributed by atoms with van der Waals surface area (Å²) in [6, 6.07) is 4.32. The summed E-state index contributed by atoms with van der Waals surface area (Å²) in [5.41, 5.74) is 0.954. The molecule has 0 amide bonds. The van der Waals surface area contributed by atoms with Crippen molar-refractivity contribution in [2.24, 2.45) is 5.92 Å². The summed E-state index contributed by atoms with van der Waals surface area (Å²) in [7, 11) is -3.80. The van der Waals surface area contributed by atoms with E-state index in [1.54, 1.807) is 6.92 Å². The maximum atomic E-state index is 12.3. The van der Waals surface area contributed by atoms with E-state index < -0.39 is 22.1 Å². The van der Waals surface area contributed by atoms with Crippen LogP contribution in [-0.2, 0) is 15.0 Å². The van der Waals surface area contributed by atoms with Crippen molar-refractivity contribution in [1.29, 1.82) is 0 Å². The van der Waals surface area contributed by atoms with Gasteiger partial charge in [-0.15, -0.1) is 0 Å². The lowest BCUT2D eigenvalue weighted by Gasteiger charge is -2.30. The van der Waals surface area contributed by atoms with Crippen LogP contribution < -0.4 is 4.72 Å². The number of nitrogens with one attached hydrogen (secondary N) is 1. The molecule has 1 aromatic rings. The first-order valence-electron chi connectivity index (χ1n) is 6.60. The first-order chi connectivity index (χ1) is 9.79. The molecule has 0 saturated carbocycles. The first kappa shape index (κ1) is 15.6. The fraction of sp³-hybridized carbons (Fsp3) is 0.462. The number of hydrogen-bond acceptors (Lipinski definition) is 4. The van der Waals surface area contributed by atoms with Gasteiger partial charge >= 0.3 is 16.2 Å². The number of anilines is 1. The number of rotatable bonds is 4. The molecule has 1 fully saturated rings. The van der Waals surface area contributed by atoms with Crippen LogP contribution >= 0.6 is 0 Å². The molecular formula is C13H18N2O5S. The van der Waals surface area contributed by atoms with Gasteiger partial charge in [0, 0.05) is 13.1 Å². The lowest BCUT2D eigenvalue weighted by atomic mass is 10.0. The predicted molar refractivity (Wildman–Crippen MR) is 77.3 cm³/mol. The summed E-state index contributed by atoms with van der Waals surface area (Å²) in [6.45, 7) is 1.95. The third-order valence-corrected chi connectivity index (χ3v) is 5.01. The Labute approximate surface area is 123 Å². The SMILES string of the molecule is Cc1cc(O)ccc1NS(=O)(=O)N1CCCC(C(=O)O)C1. The standard InChI is InChI=1S/C13H18N2O5S/c1-9-7-11(16)4-5-12(9)14-21(19,20)15-6-2-3-10(8-15)13(17)18/h4-5,7,10,14,16H,2-3,6,8H2,1H3,(H,17,18). The van der Waals surface area contributed by atoms with Gasteiger partial charge in [0.2, 0.25) is 0 Å². The summed E-state index contributed by atoms with van der Waals surface area (Å²) < 4.78 is 28.2. The Morgan fingerprint density at radius 1 is 1.43 bits per heavy atom. The lowest BCUT2D eigenvalue weighted by Crippen LogP contribution is -2.44. The normalized spacial score (nSPS) is 20.1. The number of carbonyl (C=O) groups is 1. The van der Waals surface area contributed by atoms with Crippen LogP contribution in [0.3, 0.4) is 0 Å². The van der Waals surface area contributed by atoms with E-state index in [4.69, 9.17) is 5.11 Å². The van der Waals surface area contributed by atoms with Crippen LogP contribution in [0.15, 0.2) is 18.2 Å². The van der Waals surface area contributed by atoms with Crippen LogP contribution in [-0.4, -0.2) is 42.0 Å². The molecule has 7 nitrogen and oxygen atoms in total. The Kier molecular flexibility index (Phi) is 4.38. The van der Waals surface area contributed by atoms with E-state index >= 15 is 0 Å². The largest absolute Gasteiger partial charge is 0.508 e. The van der Waals surface area contributed by atoms with Crippen LogP contribution in [0.4, 0.5) is 5.69 Å². The van der Waals surface area contributed by atoms with Crippen LogP contribution in [0.2, 0.25) is 0 Å². The lowest BCUT2D eigenvalue weighted by molar-refractivity contribution is -0.142. The van der Waals surface area contributed by atoms with E-state index in [1.807, 2.05) is 0 Å². The third-order valence-electron chi connectivity index (χ3n) is 3.52. The number of carboxylic acid groups (broad SMARTS) is 1. The highest BCUT2D eigenvalue weighted by atomic mass is 32.2. The summed E-state index contributed by atoms with van der Waals surface area (Å²) in [5.74, 6) is -1.59. The number of piperidine rings is 1. The molecule has 2 rings (SSSR count). The zero-order valence-corrected chi connectivity index (χ0v) is 12.4. The fourth-order valence-electron chi connectivity index (χ4n) is 2.33. The van der Waals surface area contributed by atoms with Gasteiger partial charge in [-0.3, -0.25) is 9.52 Å². The monoisotopic (exact) mass is 314 g/mol. The summed E-state index contributed by atoms with van der Waals surface area (Å²) in [6.07, 6.45) is 1.01. The molecular weight excluding hydrogens is 296 g/mol. The molecule has 0 spiro atoms. The number of hydrogen-bond donors (Lipinski definition) is 3. The van der Waals surface area contributed by atoms with Crippen molar-refractivity contribution < 1.29 is 23.4 Å². The van der Waals surface area contributed by atoms with Gasteiger partial charge in [0.05, 0.1) is 11.6 Å². The summed E-state index contributed by atoms with van der Waals surface area (Å²) in [4.78, 5) is 11.0. The van der Waals surface area contributed by atoms with Crippen LogP contribution in [0.25, 0.3) is 0 Å². The molecule has 3 N–H and O–H groups in total. The van der Waals surface area contributed by atoms with Crippen molar-refractivity contribution in [2.75, 3.05) is 17.8 Å². The van der Waals surface area contributed by atoms with Gasteiger partial charge in [0.15, 0.2) is 0 Å². The van der Waals surface area contributed by atoms with Crippen molar-refractivity contribution in [1.82, 2.24) is 4.31 Å². The molecule has 1 aromatic carbocycles. The van der Waals surface area contributed by atoms with E-state index in [1.165, 1.54) is 18.2 Å². The first-order valence-corrected chi connectivity index (χ1v) is 8.04. The summed E-state index contributed by atoms with van der Waals surface area (Å²) >= 11 is 0. The second-order valence-electron chi connectivity index (χ2n) is 5.14. The number of aliphatic carboxylic acids is 1. The van der Waals surface area contributed by atoms with Gasteiger partial charge in [0.25, 0.3) is 0 Å². The number of carboxylic acids is 1. The van der Waals surface area contributed by atoms with E-state index in [-0.39, 0.29) is 12.3 Å². The quantitative estimate of drug-likeness (QED) is 0.723. The molecule has 1 saturated heterocycles. The third kappa shape index (κ3) is 3.64. The van der Waals surface area contributed by atoms with Gasteiger partial charge in [-0.2, -0.15) is 12.7 Å². The van der Waals surface area contributed by atoms with Crippen molar-refractivity contribution in [3.8, 4) is 5.75 Å². The number of phenols is 1. The minimum Gasteiger partial charge on any atom is -0.508 e. The maximum absolute atomic E-state index is 12.3. The minimum absolute atomic E-state index is 0.0260. The molecule has 0 aliphatic carbocycles. The van der Waals surface area contributed by atoms with E-state index in [2.05, 4.69) is 4.72 Å². The average Bonchev–Trinajstić information content (AvgIpc) is 2.42. The Hall–Kier alpha value is -1.80. The number of benzene rings is 1. The average molecular weight is 314 g/mol. The predicted octanol–water partition coefficient (Wildman–Crippen LogP) is 1.15. The second kappa shape index (κ2) is 5.90. The van der Waals surface area contributed by atoms with Gasteiger partial charge in [-0.25, -0.2) is 0 Å². The van der Waals surface area contributed by atoms with Crippen LogP contribution in [0.1, 0.15) is 18.4 Å². The Balaban J connectivity index is 2.16. The smallest absolute Gasteiger partial charge is 0.307 e. The van der Waals surface area contributed by atoms with Crippen molar-refractivity contribution in [3.05, 3.63) is 23.8 Å². The summed E-state index contributed by atoms with van der Waals surface area (Å²) in [5, 5.41) is 18.3. The topological polar surface area (TPSA) is 107 Å².